The second kappa shape index (κ2) is 34.7. The van der Waals surface area contributed by atoms with E-state index in [0.29, 0.717) is 29.1 Å². The number of Topliss-reactive ketones (excluding diaryl/α,β-unsaturated/α-hetero) is 1. The molecule has 2 aliphatic carbocycles. The lowest BCUT2D eigenvalue weighted by Gasteiger charge is -2.48. The summed E-state index contributed by atoms with van der Waals surface area (Å²) in [6.45, 7) is 24.7. The topological polar surface area (TPSA) is 342 Å². The maximum Gasteiger partial charge on any atom is 0.346 e. The normalized spacial score (nSPS) is 28.9. The highest BCUT2D eigenvalue weighted by Crippen LogP contribution is 2.54. The molecule has 3 unspecified atom stereocenters. The van der Waals surface area contributed by atoms with Crippen molar-refractivity contribution in [2.75, 3.05) is 50.7 Å². The van der Waals surface area contributed by atoms with E-state index in [1.54, 1.807) is 33.8 Å². The number of anilines is 3. The molecule has 9 N–H and O–H groups in total. The smallest absolute Gasteiger partial charge is 0.346 e. The van der Waals surface area contributed by atoms with Crippen LogP contribution in [0.2, 0.25) is 0 Å². The standard InChI is InChI=1S/C42H53NO15.C28H48O2.C9H15N5O/c1-8-42(51)17-28(33-22(35(42)41(50)52-7)14-23-34(38(33)49)37(48)32-21(36(23)47)10-9-11-26(32)45)56-30-15-24(43(5)6)39(19(3)54-30)58-31-16-27(46)40(20(4)55-31)57-29-13-12-25(44)18(2)53-29;1-20(2)11-8-12-21(3)13-9-14-22(4)15-10-17-28(7)18-16-25-19-26(29)23(5)24(6)27(25)30-28;10-7-6-8(12-9(11)14(7)15)13-4-2-1-3-5-13/h9-11,14,18-20,24,27-31,35,39-40,45-46,49,51H,8,12-13,15-17H2,1-7H3;19-22,29H,8-18H2,1-7H3;6H,1-5,10H2,(H2,11,12)/t18-,19-,20-,24-,27-,28-,29-,30-,31-,35-,39+,40+,42+;;/m0../s1. The highest BCUT2D eigenvalue weighted by atomic mass is 16.7. The van der Waals surface area contributed by atoms with Crippen molar-refractivity contribution in [2.24, 2.45) is 17.8 Å². The molecule has 4 aromatic rings. The molecule has 570 valence electrons. The van der Waals surface area contributed by atoms with E-state index in [2.05, 4.69) is 51.4 Å². The molecule has 1 aromatic heterocycles. The number of rotatable bonds is 22. The highest BCUT2D eigenvalue weighted by Gasteiger charge is 2.54. The van der Waals surface area contributed by atoms with Crippen molar-refractivity contribution in [2.45, 2.75) is 289 Å². The van der Waals surface area contributed by atoms with Crippen LogP contribution >= 0.6 is 0 Å². The third kappa shape index (κ3) is 18.7. The second-order valence-corrected chi connectivity index (χ2v) is 31.1. The number of carbonyl (C=O) groups is 4. The van der Waals surface area contributed by atoms with Gasteiger partial charge in [0.05, 0.1) is 54.3 Å². The number of hydrogen-bond donors (Lipinski definition) is 7. The van der Waals surface area contributed by atoms with Crippen LogP contribution in [0.25, 0.3) is 0 Å². The van der Waals surface area contributed by atoms with Gasteiger partial charge in [-0.1, -0.05) is 96.7 Å². The molecular weight excluding hydrogens is 1320 g/mol. The summed E-state index contributed by atoms with van der Waals surface area (Å²) in [5, 5.41) is 67.2. The highest BCUT2D eigenvalue weighted by molar-refractivity contribution is 6.30. The predicted octanol–water partition coefficient (Wildman–Crippen LogP) is 11.6. The number of ketones is 3. The van der Waals surface area contributed by atoms with Crippen molar-refractivity contribution in [3.8, 4) is 23.0 Å². The molecule has 7 aliphatic rings. The summed E-state index contributed by atoms with van der Waals surface area (Å²) in [4.78, 5) is 61.2. The largest absolute Gasteiger partial charge is 0.754 e. The number of benzene rings is 3. The van der Waals surface area contributed by atoms with Crippen LogP contribution in [0.15, 0.2) is 36.4 Å². The molecule has 0 saturated carbocycles. The number of esters is 1. The molecule has 16 atom stereocenters. The molecule has 5 aliphatic heterocycles. The van der Waals surface area contributed by atoms with Crippen molar-refractivity contribution in [1.29, 1.82) is 0 Å². The van der Waals surface area contributed by atoms with Crippen LogP contribution in [0.5, 0.6) is 23.0 Å². The van der Waals surface area contributed by atoms with Crippen molar-refractivity contribution in [1.82, 2.24) is 9.88 Å². The van der Waals surface area contributed by atoms with Gasteiger partial charge in [-0.15, -0.1) is 0 Å². The first-order chi connectivity index (χ1) is 48.8. The summed E-state index contributed by atoms with van der Waals surface area (Å²) < 4.78 is 49.6. The van der Waals surface area contributed by atoms with Gasteiger partial charge >= 0.3 is 11.9 Å². The summed E-state index contributed by atoms with van der Waals surface area (Å²) in [6.07, 6.45) is 10.9. The molecule has 24 nitrogen and oxygen atoms in total. The average molecular weight is 1440 g/mol. The number of ether oxygens (including phenoxy) is 8. The number of nitrogen functional groups attached to an aromatic ring is 2. The third-order valence-electron chi connectivity index (χ3n) is 22.5. The maximum atomic E-state index is 13.9. The quantitative estimate of drug-likeness (QED) is 0.0192. The molecule has 3 aromatic carbocycles. The molecular formula is C79H116N6O18. The minimum atomic E-state index is -1.76. The maximum absolute atomic E-state index is 13.9. The number of nitrogens with zero attached hydrogens (tertiary/aromatic N) is 4. The first-order valence-corrected chi connectivity index (χ1v) is 37.6. The summed E-state index contributed by atoms with van der Waals surface area (Å²) >= 11 is 0. The zero-order chi connectivity index (χ0) is 75.1. The fourth-order valence-corrected chi connectivity index (χ4v) is 16.0. The first kappa shape index (κ1) is 80.4. The van der Waals surface area contributed by atoms with Gasteiger partial charge in [0.1, 0.15) is 52.8 Å². The number of aromatic nitrogens is 2. The van der Waals surface area contributed by atoms with E-state index < -0.39 is 102 Å². The Morgan fingerprint density at radius 3 is 2.06 bits per heavy atom. The fraction of sp³-hybridized carbons (Fsp3) is 0.671. The lowest BCUT2D eigenvalue weighted by Crippen LogP contribution is -2.58. The number of piperidine rings is 1. The second-order valence-electron chi connectivity index (χ2n) is 31.1. The van der Waals surface area contributed by atoms with Crippen LogP contribution in [-0.2, 0) is 49.2 Å². The minimum Gasteiger partial charge on any atom is -0.754 e. The van der Waals surface area contributed by atoms with E-state index in [4.69, 9.17) is 49.4 Å². The molecule has 0 bridgehead atoms. The van der Waals surface area contributed by atoms with E-state index in [0.717, 1.165) is 79.8 Å². The van der Waals surface area contributed by atoms with Gasteiger partial charge in [-0.25, -0.2) is 4.73 Å². The number of aliphatic hydroxyl groups excluding tert-OH is 1. The Balaban J connectivity index is 0.000000225. The Morgan fingerprint density at radius 1 is 0.796 bits per heavy atom. The van der Waals surface area contributed by atoms with Gasteiger partial charge in [0.2, 0.25) is 5.78 Å². The van der Waals surface area contributed by atoms with E-state index in [9.17, 15) is 49.9 Å². The lowest BCUT2D eigenvalue weighted by atomic mass is 9.67. The third-order valence-corrected chi connectivity index (χ3v) is 22.5. The monoisotopic (exact) mass is 1440 g/mol. The minimum absolute atomic E-state index is 0.00573. The number of nitrogens with two attached hydrogens (primary N) is 2. The van der Waals surface area contributed by atoms with E-state index in [1.165, 1.54) is 94.7 Å². The molecule has 0 radical (unpaired) electrons. The number of phenolic OH excluding ortho intramolecular Hbond substituents is 3. The van der Waals surface area contributed by atoms with Crippen LogP contribution in [-0.4, -0.2) is 166 Å². The molecule has 0 amide bonds. The number of carbonyl (C=O) groups excluding carboxylic acids is 4. The van der Waals surface area contributed by atoms with E-state index >= 15 is 0 Å². The molecule has 0 spiro atoms. The summed E-state index contributed by atoms with van der Waals surface area (Å²) in [6, 6.07) is 8.59. The van der Waals surface area contributed by atoms with Crippen molar-refractivity contribution >= 4 is 40.9 Å². The van der Waals surface area contributed by atoms with Crippen molar-refractivity contribution < 1.29 is 87.3 Å². The lowest BCUT2D eigenvalue weighted by molar-refractivity contribution is -0.576. The zero-order valence-corrected chi connectivity index (χ0v) is 63.2. The Hall–Kier alpha value is -6.74. The van der Waals surface area contributed by atoms with E-state index in [-0.39, 0.29) is 88.3 Å². The van der Waals surface area contributed by atoms with Crippen molar-refractivity contribution in [3.05, 3.63) is 91.7 Å². The van der Waals surface area contributed by atoms with Gasteiger partial charge in [0, 0.05) is 67.9 Å². The SMILES string of the molecule is CC[C@@]1(O)C[C@H](O[C@H]2C[C@H](N(C)C)[C@H](O[C@H]3C[C@H](O)[C@H](O[C@H]4CCC(=O)[C@H](C)O4)[C@H](C)O3)[C@H](C)O2)c2c(cc3c(c2O)C(=O)c2c(O)cccc2C3=O)[C@H]1C(=O)OC.Cc1c(O)cc2c(c1C)OC(C)(CCCC(C)CCCC(C)CCCC(C)C)CC2.Nc1cc(N2CCCCC2)nc(N)[n+]1[O-]. The number of aryl methyl sites for hydroxylation is 1. The number of likely N-dealkylation sites (N-methyl/N-ethyl adjacent to an activating group) is 1. The first-order valence-electron chi connectivity index (χ1n) is 37.6. The van der Waals surface area contributed by atoms with Gasteiger partial charge in [-0.2, -0.15) is 0 Å². The number of aromatic hydroxyl groups is 3. The van der Waals surface area contributed by atoms with Crippen LogP contribution in [0.4, 0.5) is 17.6 Å². The van der Waals surface area contributed by atoms with Gasteiger partial charge in [-0.05, 0) is 165 Å². The van der Waals surface area contributed by atoms with Crippen LogP contribution < -0.4 is 25.8 Å². The number of hydrogen-bond acceptors (Lipinski definition) is 23. The van der Waals surface area contributed by atoms with Gasteiger partial charge in [0.15, 0.2) is 42.1 Å². The average Bonchev–Trinajstić information content (AvgIpc) is 0.710. The molecule has 4 fully saturated rings. The Morgan fingerprint density at radius 2 is 1.44 bits per heavy atom. The Kier molecular flexibility index (Phi) is 27.0. The molecule has 11 rings (SSSR count). The van der Waals surface area contributed by atoms with Crippen LogP contribution in [0, 0.1) is 36.8 Å². The number of phenols is 3. The predicted molar refractivity (Wildman–Crippen MR) is 389 cm³/mol. The van der Waals surface area contributed by atoms with Gasteiger partial charge in [0.25, 0.3) is 0 Å². The van der Waals surface area contributed by atoms with Crippen LogP contribution in [0.1, 0.15) is 256 Å². The summed E-state index contributed by atoms with van der Waals surface area (Å²) in [5.41, 5.74) is 11.7. The molecule has 103 heavy (non-hydrogen) atoms. The zero-order valence-electron chi connectivity index (χ0n) is 63.2. The Labute approximate surface area is 607 Å². The molecule has 24 heteroatoms. The van der Waals surface area contributed by atoms with Gasteiger partial charge < -0.3 is 89.9 Å². The fourth-order valence-electron chi connectivity index (χ4n) is 16.0. The Bertz CT molecular complexity index is 3590. The number of methoxy groups -OCH3 is 1. The van der Waals surface area contributed by atoms with Crippen molar-refractivity contribution in [3.63, 3.8) is 0 Å². The summed E-state index contributed by atoms with van der Waals surface area (Å²) in [5.74, 6) is 0.101. The number of fused-ring (bicyclic) bond motifs is 4. The van der Waals surface area contributed by atoms with Gasteiger partial charge in [-0.3, -0.25) is 19.2 Å². The summed E-state index contributed by atoms with van der Waals surface area (Å²) in [7, 11) is 4.91. The molecule has 6 heterocycles. The molecule has 4 saturated heterocycles. The number of aliphatic hydroxyl groups is 2. The van der Waals surface area contributed by atoms with Crippen LogP contribution in [0.3, 0.4) is 0 Å². The van der Waals surface area contributed by atoms with E-state index in [1.807, 2.05) is 32.0 Å².